The van der Waals surface area contributed by atoms with Crippen molar-refractivity contribution in [1.29, 1.82) is 0 Å². The topological polar surface area (TPSA) is 70.4 Å². The van der Waals surface area contributed by atoms with E-state index in [-0.39, 0.29) is 17.0 Å². The zero-order chi connectivity index (χ0) is 28.0. The molecule has 2 heterocycles. The van der Waals surface area contributed by atoms with Gasteiger partial charge in [0.15, 0.2) is 11.9 Å². The lowest BCUT2D eigenvalue weighted by atomic mass is 9.72. The second kappa shape index (κ2) is 10.2. The van der Waals surface area contributed by atoms with Crippen molar-refractivity contribution in [1.82, 2.24) is 9.78 Å². The maximum Gasteiger partial charge on any atom is 0.204 e. The van der Waals surface area contributed by atoms with Crippen LogP contribution in [0.25, 0.3) is 16.9 Å². The maximum atomic E-state index is 14.0. The summed E-state index contributed by atoms with van der Waals surface area (Å²) in [5.74, 6) is 0.621. The van der Waals surface area contributed by atoms with Crippen molar-refractivity contribution >= 4 is 27.5 Å². The highest BCUT2D eigenvalue weighted by Crippen LogP contribution is 2.51. The van der Waals surface area contributed by atoms with Gasteiger partial charge in [-0.05, 0) is 53.9 Å². The summed E-state index contributed by atoms with van der Waals surface area (Å²) in [5, 5.41) is 4.99. The molecule has 0 fully saturated rings. The third-order valence-corrected chi connectivity index (χ3v) is 8.14. The molecule has 0 bridgehead atoms. The second-order valence-corrected chi connectivity index (χ2v) is 12.0. The van der Waals surface area contributed by atoms with Gasteiger partial charge in [0, 0.05) is 45.8 Å². The number of aromatic nitrogens is 2. The first kappa shape index (κ1) is 26.3. The number of methoxy groups -OCH3 is 1. The first-order valence-electron chi connectivity index (χ1n) is 13.3. The molecule has 1 aromatic heterocycles. The quantitative estimate of drug-likeness (QED) is 0.218. The molecule has 3 aromatic carbocycles. The molecule has 2 atom stereocenters. The summed E-state index contributed by atoms with van der Waals surface area (Å²) in [5.41, 5.74) is 4.09. The Morgan fingerprint density at radius 3 is 2.38 bits per heavy atom. The van der Waals surface area contributed by atoms with Gasteiger partial charge in [0.05, 0.1) is 24.4 Å². The fourth-order valence-corrected chi connectivity index (χ4v) is 5.97. The van der Waals surface area contributed by atoms with Gasteiger partial charge < -0.3 is 9.47 Å². The number of benzene rings is 3. The zero-order valence-corrected chi connectivity index (χ0v) is 24.1. The largest absolute Gasteiger partial charge is 0.497 e. The molecule has 202 valence electrons. The minimum Gasteiger partial charge on any atom is -0.497 e. The standard InChI is InChI=1S/C33H29BrN2O4/c1-33(2)17-26(37)29-27(18-33)40-32(31(38)21-9-13-22(34)14-10-21)28(29)25-19-36(23-7-5-4-6-8-23)35-30(25)20-11-15-24(39-3)16-12-20/h4-16,19,28,32H,17-18H2,1-3H3/t28-,32-/m0/s1. The summed E-state index contributed by atoms with van der Waals surface area (Å²) in [6.45, 7) is 4.13. The number of Topliss-reactive ketones (excluding diaryl/α,β-unsaturated/α-hetero) is 2. The summed E-state index contributed by atoms with van der Waals surface area (Å²) in [6, 6.07) is 24.7. The van der Waals surface area contributed by atoms with E-state index in [9.17, 15) is 9.59 Å². The number of ketones is 2. The molecule has 40 heavy (non-hydrogen) atoms. The van der Waals surface area contributed by atoms with E-state index in [4.69, 9.17) is 14.6 Å². The third kappa shape index (κ3) is 4.79. The molecular weight excluding hydrogens is 568 g/mol. The number of halogens is 1. The molecule has 2 aliphatic rings. The van der Waals surface area contributed by atoms with E-state index >= 15 is 0 Å². The van der Waals surface area contributed by atoms with Gasteiger partial charge in [-0.2, -0.15) is 5.10 Å². The zero-order valence-electron chi connectivity index (χ0n) is 22.6. The van der Waals surface area contributed by atoms with Crippen LogP contribution in [0.15, 0.2) is 101 Å². The van der Waals surface area contributed by atoms with Crippen LogP contribution in [0.2, 0.25) is 0 Å². The SMILES string of the molecule is COc1ccc(-c2nn(-c3ccccc3)cc2[C@H]2C3=C(CC(C)(C)CC3=O)O[C@@H]2C(=O)c2ccc(Br)cc2)cc1. The lowest BCUT2D eigenvalue weighted by Crippen LogP contribution is -2.29. The smallest absolute Gasteiger partial charge is 0.204 e. The van der Waals surface area contributed by atoms with Gasteiger partial charge in [-0.1, -0.05) is 60.1 Å². The highest BCUT2D eigenvalue weighted by molar-refractivity contribution is 9.10. The van der Waals surface area contributed by atoms with Crippen molar-refractivity contribution in [3.8, 4) is 22.7 Å². The lowest BCUT2D eigenvalue weighted by Gasteiger charge is -2.29. The third-order valence-electron chi connectivity index (χ3n) is 7.61. The first-order valence-corrected chi connectivity index (χ1v) is 14.1. The lowest BCUT2D eigenvalue weighted by molar-refractivity contribution is -0.118. The number of hydrogen-bond acceptors (Lipinski definition) is 5. The Bertz CT molecular complexity index is 1620. The average Bonchev–Trinajstić information content (AvgIpc) is 3.55. The Hall–Kier alpha value is -3.97. The second-order valence-electron chi connectivity index (χ2n) is 11.1. The molecule has 6 nitrogen and oxygen atoms in total. The highest BCUT2D eigenvalue weighted by atomic mass is 79.9. The predicted molar refractivity (Wildman–Crippen MR) is 157 cm³/mol. The Morgan fingerprint density at radius 2 is 1.70 bits per heavy atom. The van der Waals surface area contributed by atoms with E-state index in [1.807, 2.05) is 77.6 Å². The van der Waals surface area contributed by atoms with Crippen molar-refractivity contribution < 1.29 is 19.1 Å². The van der Waals surface area contributed by atoms with E-state index in [0.29, 0.717) is 35.4 Å². The van der Waals surface area contributed by atoms with Gasteiger partial charge in [0.25, 0.3) is 0 Å². The number of rotatable bonds is 6. The normalized spacial score (nSPS) is 19.8. The van der Waals surface area contributed by atoms with Crippen LogP contribution in [0.4, 0.5) is 0 Å². The number of allylic oxidation sites excluding steroid dienone is 1. The van der Waals surface area contributed by atoms with Gasteiger partial charge in [-0.3, -0.25) is 9.59 Å². The Labute approximate surface area is 241 Å². The van der Waals surface area contributed by atoms with Crippen LogP contribution in [0.1, 0.15) is 48.5 Å². The van der Waals surface area contributed by atoms with E-state index < -0.39 is 12.0 Å². The van der Waals surface area contributed by atoms with E-state index in [1.54, 1.807) is 19.2 Å². The van der Waals surface area contributed by atoms with Crippen LogP contribution in [0.3, 0.4) is 0 Å². The van der Waals surface area contributed by atoms with Crippen LogP contribution < -0.4 is 4.74 Å². The van der Waals surface area contributed by atoms with Gasteiger partial charge in [0.1, 0.15) is 11.5 Å². The molecule has 0 saturated carbocycles. The number of carbonyl (C=O) groups is 2. The van der Waals surface area contributed by atoms with Crippen LogP contribution >= 0.6 is 15.9 Å². The Balaban J connectivity index is 1.54. The maximum absolute atomic E-state index is 14.0. The number of para-hydroxylation sites is 1. The van der Waals surface area contributed by atoms with Crippen LogP contribution in [0, 0.1) is 5.41 Å². The van der Waals surface area contributed by atoms with E-state index in [0.717, 1.165) is 27.0 Å². The number of nitrogens with zero attached hydrogens (tertiary/aromatic N) is 2. The summed E-state index contributed by atoms with van der Waals surface area (Å²) in [7, 11) is 1.63. The van der Waals surface area contributed by atoms with Crippen molar-refractivity contribution in [2.45, 2.75) is 38.7 Å². The molecule has 0 N–H and O–H groups in total. The Kier molecular flexibility index (Phi) is 6.70. The van der Waals surface area contributed by atoms with E-state index in [2.05, 4.69) is 29.8 Å². The fourth-order valence-electron chi connectivity index (χ4n) is 5.71. The van der Waals surface area contributed by atoms with Crippen LogP contribution in [0.5, 0.6) is 5.75 Å². The monoisotopic (exact) mass is 596 g/mol. The van der Waals surface area contributed by atoms with Gasteiger partial charge >= 0.3 is 0 Å². The van der Waals surface area contributed by atoms with E-state index in [1.165, 1.54) is 0 Å². The number of hydrogen-bond donors (Lipinski definition) is 0. The summed E-state index contributed by atoms with van der Waals surface area (Å²) >= 11 is 3.45. The van der Waals surface area contributed by atoms with Crippen molar-refractivity contribution in [3.05, 3.63) is 112 Å². The minimum atomic E-state index is -0.880. The van der Waals surface area contributed by atoms with Crippen molar-refractivity contribution in [2.24, 2.45) is 5.41 Å². The Morgan fingerprint density at radius 1 is 1.00 bits per heavy atom. The summed E-state index contributed by atoms with van der Waals surface area (Å²) in [4.78, 5) is 27.8. The molecular formula is C33H29BrN2O4. The van der Waals surface area contributed by atoms with Crippen LogP contribution in [-0.2, 0) is 9.53 Å². The van der Waals surface area contributed by atoms with Crippen molar-refractivity contribution in [2.75, 3.05) is 7.11 Å². The summed E-state index contributed by atoms with van der Waals surface area (Å²) in [6.07, 6.45) is 2.05. The molecule has 7 heteroatoms. The molecule has 0 spiro atoms. The molecule has 6 rings (SSSR count). The molecule has 0 radical (unpaired) electrons. The molecule has 4 aromatic rings. The van der Waals surface area contributed by atoms with Crippen molar-refractivity contribution in [3.63, 3.8) is 0 Å². The minimum absolute atomic E-state index is 0.0236. The molecule has 0 amide bonds. The van der Waals surface area contributed by atoms with Gasteiger partial charge in [0.2, 0.25) is 5.78 Å². The fraction of sp³-hybridized carbons (Fsp3) is 0.242. The number of ether oxygens (including phenoxy) is 2. The highest BCUT2D eigenvalue weighted by Gasteiger charge is 2.50. The molecule has 0 saturated heterocycles. The number of carbonyl (C=O) groups excluding carboxylic acids is 2. The average molecular weight is 598 g/mol. The molecule has 1 aliphatic carbocycles. The summed E-state index contributed by atoms with van der Waals surface area (Å²) < 4.78 is 14.5. The predicted octanol–water partition coefficient (Wildman–Crippen LogP) is 7.32. The first-order chi connectivity index (χ1) is 19.2. The van der Waals surface area contributed by atoms with Gasteiger partial charge in [-0.15, -0.1) is 0 Å². The van der Waals surface area contributed by atoms with Gasteiger partial charge in [-0.25, -0.2) is 4.68 Å². The molecule has 0 unspecified atom stereocenters. The molecule has 1 aliphatic heterocycles. The van der Waals surface area contributed by atoms with Crippen LogP contribution in [-0.4, -0.2) is 34.6 Å².